The van der Waals surface area contributed by atoms with E-state index in [9.17, 15) is 13.2 Å². The zero-order valence-electron chi connectivity index (χ0n) is 8.17. The molecule has 0 aromatic carbocycles. The number of carbonyl (C=O) groups is 1. The van der Waals surface area contributed by atoms with Crippen LogP contribution in [-0.4, -0.2) is 30.2 Å². The molecule has 5 nitrogen and oxygen atoms in total. The summed E-state index contributed by atoms with van der Waals surface area (Å²) < 4.78 is 22.5. The van der Waals surface area contributed by atoms with Gasteiger partial charge in [0.1, 0.15) is 0 Å². The Balaban J connectivity index is 2.86. The fraction of sp³-hybridized carbons (Fsp3) is 0.333. The molecule has 1 aromatic rings. The van der Waals surface area contributed by atoms with Crippen molar-refractivity contribution in [3.63, 3.8) is 0 Å². The van der Waals surface area contributed by atoms with Crippen LogP contribution in [0.4, 0.5) is 0 Å². The quantitative estimate of drug-likeness (QED) is 0.822. The second-order valence-corrected chi connectivity index (χ2v) is 5.37. The van der Waals surface area contributed by atoms with Crippen LogP contribution < -0.4 is 0 Å². The van der Waals surface area contributed by atoms with Crippen molar-refractivity contribution in [2.24, 2.45) is 0 Å². The molecule has 0 fully saturated rings. The van der Waals surface area contributed by atoms with E-state index in [-0.39, 0.29) is 17.1 Å². The highest BCUT2D eigenvalue weighted by Gasteiger charge is 2.10. The highest BCUT2D eigenvalue weighted by atomic mass is 32.2. The Bertz CT molecular complexity index is 450. The monoisotopic (exact) mass is 229 g/mol. The number of aromatic carboxylic acids is 1. The Labute approximate surface area is 87.7 Å². The molecule has 0 bridgehead atoms. The molecule has 0 atom stereocenters. The van der Waals surface area contributed by atoms with Gasteiger partial charge in [-0.25, -0.2) is 13.2 Å². The van der Waals surface area contributed by atoms with Crippen LogP contribution in [0.3, 0.4) is 0 Å². The lowest BCUT2D eigenvalue weighted by atomic mass is 10.2. The van der Waals surface area contributed by atoms with Gasteiger partial charge in [-0.3, -0.25) is 4.98 Å². The van der Waals surface area contributed by atoms with Crippen molar-refractivity contribution in [3.05, 3.63) is 29.6 Å². The average molecular weight is 229 g/mol. The summed E-state index contributed by atoms with van der Waals surface area (Å²) >= 11 is 0. The van der Waals surface area contributed by atoms with Gasteiger partial charge >= 0.3 is 5.97 Å². The fourth-order valence-corrected chi connectivity index (χ4v) is 1.79. The smallest absolute Gasteiger partial charge is 0.337 e. The Morgan fingerprint density at radius 2 is 2.13 bits per heavy atom. The van der Waals surface area contributed by atoms with Gasteiger partial charge in [0.15, 0.2) is 9.84 Å². The maximum absolute atomic E-state index is 11.2. The van der Waals surface area contributed by atoms with Crippen molar-refractivity contribution in [1.82, 2.24) is 4.98 Å². The van der Waals surface area contributed by atoms with E-state index in [0.29, 0.717) is 5.69 Å². The molecule has 0 unspecified atom stereocenters. The molecule has 0 aliphatic heterocycles. The maximum Gasteiger partial charge on any atom is 0.337 e. The lowest BCUT2D eigenvalue weighted by Gasteiger charge is -2.00. The van der Waals surface area contributed by atoms with E-state index in [2.05, 4.69) is 4.98 Å². The van der Waals surface area contributed by atoms with Gasteiger partial charge in [-0.15, -0.1) is 0 Å². The van der Waals surface area contributed by atoms with Gasteiger partial charge in [-0.1, -0.05) is 6.92 Å². The molecular formula is C9H11NO4S. The average Bonchev–Trinajstić information content (AvgIpc) is 2.18. The van der Waals surface area contributed by atoms with Gasteiger partial charge < -0.3 is 5.11 Å². The first-order chi connectivity index (χ1) is 6.94. The number of sulfone groups is 1. The van der Waals surface area contributed by atoms with E-state index in [0.717, 1.165) is 6.20 Å². The number of aromatic nitrogens is 1. The summed E-state index contributed by atoms with van der Waals surface area (Å²) in [5, 5.41) is 8.60. The van der Waals surface area contributed by atoms with Crippen LogP contribution in [0.1, 0.15) is 23.0 Å². The number of pyridine rings is 1. The fourth-order valence-electron chi connectivity index (χ4n) is 0.964. The SMILES string of the molecule is CCS(=O)(=O)Cc1ccc(C(=O)O)cn1. The third-order valence-electron chi connectivity index (χ3n) is 1.88. The second kappa shape index (κ2) is 4.39. The highest BCUT2D eigenvalue weighted by molar-refractivity contribution is 7.90. The lowest BCUT2D eigenvalue weighted by Crippen LogP contribution is -2.08. The molecule has 6 heteroatoms. The maximum atomic E-state index is 11.2. The first-order valence-corrected chi connectivity index (χ1v) is 6.15. The van der Waals surface area contributed by atoms with E-state index in [1.54, 1.807) is 6.92 Å². The summed E-state index contributed by atoms with van der Waals surface area (Å²) in [6.45, 7) is 1.56. The number of carboxylic acids is 1. The molecular weight excluding hydrogens is 218 g/mol. The van der Waals surface area contributed by atoms with Crippen LogP contribution in [0, 0.1) is 0 Å². The van der Waals surface area contributed by atoms with Crippen molar-refractivity contribution in [3.8, 4) is 0 Å². The van der Waals surface area contributed by atoms with E-state index in [1.165, 1.54) is 12.1 Å². The molecule has 1 rings (SSSR count). The molecule has 1 aromatic heterocycles. The first kappa shape index (κ1) is 11.6. The van der Waals surface area contributed by atoms with Crippen LogP contribution >= 0.6 is 0 Å². The molecule has 0 spiro atoms. The standard InChI is InChI=1S/C9H11NO4S/c1-2-15(13,14)6-8-4-3-7(5-10-8)9(11)12/h3-5H,2,6H2,1H3,(H,11,12). The molecule has 82 valence electrons. The summed E-state index contributed by atoms with van der Waals surface area (Å²) in [4.78, 5) is 14.3. The van der Waals surface area contributed by atoms with Crippen molar-refractivity contribution in [2.75, 3.05) is 5.75 Å². The van der Waals surface area contributed by atoms with Crippen molar-refractivity contribution >= 4 is 15.8 Å². The molecule has 0 saturated carbocycles. The molecule has 0 aliphatic carbocycles. The van der Waals surface area contributed by atoms with Gasteiger partial charge in [0.2, 0.25) is 0 Å². The summed E-state index contributed by atoms with van der Waals surface area (Å²) in [5.74, 6) is -1.17. The van der Waals surface area contributed by atoms with Crippen molar-refractivity contribution in [1.29, 1.82) is 0 Å². The first-order valence-electron chi connectivity index (χ1n) is 4.33. The topological polar surface area (TPSA) is 84.3 Å². The summed E-state index contributed by atoms with van der Waals surface area (Å²) in [6, 6.07) is 2.76. The molecule has 0 amide bonds. The van der Waals surface area contributed by atoms with Gasteiger partial charge in [-0.05, 0) is 12.1 Å². The van der Waals surface area contributed by atoms with E-state index in [1.807, 2.05) is 0 Å². The number of hydrogen-bond donors (Lipinski definition) is 1. The Morgan fingerprint density at radius 3 is 2.53 bits per heavy atom. The molecule has 0 aliphatic rings. The minimum Gasteiger partial charge on any atom is -0.478 e. The summed E-state index contributed by atoms with van der Waals surface area (Å²) in [7, 11) is -3.12. The number of nitrogens with zero attached hydrogens (tertiary/aromatic N) is 1. The minimum absolute atomic E-state index is 0.0487. The predicted octanol–water partition coefficient (Wildman–Crippen LogP) is 0.715. The number of carboxylic acid groups (broad SMARTS) is 1. The molecule has 0 radical (unpaired) electrons. The van der Waals surface area contributed by atoms with Crippen molar-refractivity contribution < 1.29 is 18.3 Å². The second-order valence-electron chi connectivity index (χ2n) is 3.02. The van der Waals surface area contributed by atoms with E-state index >= 15 is 0 Å². The molecule has 0 saturated heterocycles. The van der Waals surface area contributed by atoms with E-state index < -0.39 is 15.8 Å². The van der Waals surface area contributed by atoms with Crippen LogP contribution in [0.2, 0.25) is 0 Å². The van der Waals surface area contributed by atoms with E-state index in [4.69, 9.17) is 5.11 Å². The largest absolute Gasteiger partial charge is 0.478 e. The Morgan fingerprint density at radius 1 is 1.47 bits per heavy atom. The third-order valence-corrected chi connectivity index (χ3v) is 3.49. The molecule has 1 N–H and O–H groups in total. The van der Waals surface area contributed by atoms with Crippen LogP contribution in [0.5, 0.6) is 0 Å². The van der Waals surface area contributed by atoms with Gasteiger partial charge in [0, 0.05) is 11.9 Å². The zero-order valence-corrected chi connectivity index (χ0v) is 8.99. The van der Waals surface area contributed by atoms with Crippen molar-refractivity contribution in [2.45, 2.75) is 12.7 Å². The number of hydrogen-bond acceptors (Lipinski definition) is 4. The van der Waals surface area contributed by atoms with Gasteiger partial charge in [0.05, 0.1) is 17.0 Å². The summed E-state index contributed by atoms with van der Waals surface area (Å²) in [5.41, 5.74) is 0.412. The minimum atomic E-state index is -3.12. The Kier molecular flexibility index (Phi) is 3.41. The summed E-state index contributed by atoms with van der Waals surface area (Å²) in [6.07, 6.45) is 1.16. The molecule has 1 heterocycles. The normalized spacial score (nSPS) is 11.3. The lowest BCUT2D eigenvalue weighted by molar-refractivity contribution is 0.0696. The van der Waals surface area contributed by atoms with Crippen LogP contribution in [-0.2, 0) is 15.6 Å². The predicted molar refractivity (Wildman–Crippen MR) is 54.4 cm³/mol. The van der Waals surface area contributed by atoms with Crippen LogP contribution in [0.25, 0.3) is 0 Å². The van der Waals surface area contributed by atoms with Gasteiger partial charge in [0.25, 0.3) is 0 Å². The van der Waals surface area contributed by atoms with Gasteiger partial charge in [-0.2, -0.15) is 0 Å². The highest BCUT2D eigenvalue weighted by Crippen LogP contribution is 2.05. The third kappa shape index (κ3) is 3.32. The van der Waals surface area contributed by atoms with Crippen LogP contribution in [0.15, 0.2) is 18.3 Å². The zero-order chi connectivity index (χ0) is 11.5. The molecule has 15 heavy (non-hydrogen) atoms. The Hall–Kier alpha value is -1.43. The number of rotatable bonds is 4.